The Bertz CT molecular complexity index is 1030. The first-order valence-electron chi connectivity index (χ1n) is 8.03. The van der Waals surface area contributed by atoms with Gasteiger partial charge in [0.2, 0.25) is 5.95 Å². The number of nitrogens with zero attached hydrogens (tertiary/aromatic N) is 4. The first kappa shape index (κ1) is 15.7. The van der Waals surface area contributed by atoms with Crippen LogP contribution in [0.4, 0.5) is 11.6 Å². The van der Waals surface area contributed by atoms with Gasteiger partial charge in [0.15, 0.2) is 0 Å². The van der Waals surface area contributed by atoms with Crippen molar-refractivity contribution in [3.05, 3.63) is 46.8 Å². The minimum absolute atomic E-state index is 0.527. The number of anilines is 2. The largest absolute Gasteiger partial charge is 0.321 e. The van der Waals surface area contributed by atoms with Crippen LogP contribution in [0.3, 0.4) is 0 Å². The highest BCUT2D eigenvalue weighted by atomic mass is 32.1. The predicted molar refractivity (Wildman–Crippen MR) is 100 cm³/mol. The number of aryl methyl sites for hydroxylation is 2. The van der Waals surface area contributed by atoms with E-state index in [4.69, 9.17) is 4.98 Å². The Morgan fingerprint density at radius 2 is 2.24 bits per heavy atom. The van der Waals surface area contributed by atoms with E-state index in [2.05, 4.69) is 22.3 Å². The fraction of sp³-hybridized carbons (Fsp3) is 0.222. The quantitative estimate of drug-likeness (QED) is 0.724. The Labute approximate surface area is 148 Å². The second-order valence-corrected chi connectivity index (χ2v) is 7.22. The Morgan fingerprint density at radius 1 is 1.36 bits per heavy atom. The average Bonchev–Trinajstić information content (AvgIpc) is 3.16. The average molecular weight is 351 g/mol. The second kappa shape index (κ2) is 6.25. The number of rotatable bonds is 4. The molecule has 0 amide bonds. The van der Waals surface area contributed by atoms with Crippen LogP contribution >= 0.6 is 11.3 Å². The molecule has 0 saturated carbocycles. The number of carbonyl (C=O) groups is 1. The fourth-order valence-electron chi connectivity index (χ4n) is 3.10. The van der Waals surface area contributed by atoms with Crippen molar-refractivity contribution in [2.75, 3.05) is 5.32 Å². The minimum atomic E-state index is 0.527. The van der Waals surface area contributed by atoms with Crippen molar-refractivity contribution in [3.8, 4) is 0 Å². The Morgan fingerprint density at radius 3 is 3.00 bits per heavy atom. The van der Waals surface area contributed by atoms with Gasteiger partial charge >= 0.3 is 0 Å². The number of carbonyl (C=O) groups excluding carboxylic acids is 1. The summed E-state index contributed by atoms with van der Waals surface area (Å²) in [4.78, 5) is 21.7. The molecule has 0 fully saturated rings. The lowest BCUT2D eigenvalue weighted by molar-refractivity contribution is -0.104. The second-order valence-electron chi connectivity index (χ2n) is 5.96. The maximum absolute atomic E-state index is 11.5. The maximum atomic E-state index is 11.5. The number of aromatic nitrogens is 4. The highest BCUT2D eigenvalue weighted by Gasteiger charge is 2.19. The van der Waals surface area contributed by atoms with E-state index in [0.717, 1.165) is 56.6 Å². The molecule has 0 aliphatic heterocycles. The number of hydrogen-bond donors (Lipinski definition) is 1. The predicted octanol–water partition coefficient (Wildman–Crippen LogP) is 3.78. The molecule has 0 radical (unpaired) electrons. The summed E-state index contributed by atoms with van der Waals surface area (Å²) in [7, 11) is 1.86. The molecular formula is C18H17N5OS. The number of allylic oxidation sites excluding steroid dienone is 4. The summed E-state index contributed by atoms with van der Waals surface area (Å²) in [6, 6.07) is 0. The molecule has 0 aromatic carbocycles. The molecule has 7 heteroatoms. The zero-order valence-electron chi connectivity index (χ0n) is 14.0. The van der Waals surface area contributed by atoms with E-state index >= 15 is 0 Å². The third-order valence-corrected chi connectivity index (χ3v) is 5.23. The van der Waals surface area contributed by atoms with Crippen molar-refractivity contribution in [2.24, 2.45) is 7.05 Å². The van der Waals surface area contributed by atoms with Crippen LogP contribution in [-0.4, -0.2) is 26.0 Å². The zero-order chi connectivity index (χ0) is 17.4. The van der Waals surface area contributed by atoms with Gasteiger partial charge in [0.1, 0.15) is 6.29 Å². The number of thiophene rings is 1. The third kappa shape index (κ3) is 2.87. The SMILES string of the molecule is Cc1sc2cnc(Nc3cnn(C)c3)nc2c1C1=C(C=O)C=CCC1. The van der Waals surface area contributed by atoms with Crippen molar-refractivity contribution in [1.82, 2.24) is 19.7 Å². The highest BCUT2D eigenvalue weighted by molar-refractivity contribution is 7.19. The van der Waals surface area contributed by atoms with Gasteiger partial charge in [-0.1, -0.05) is 12.2 Å². The summed E-state index contributed by atoms with van der Waals surface area (Å²) < 4.78 is 2.74. The minimum Gasteiger partial charge on any atom is -0.321 e. The smallest absolute Gasteiger partial charge is 0.227 e. The summed E-state index contributed by atoms with van der Waals surface area (Å²) in [5.74, 6) is 0.527. The number of hydrogen-bond acceptors (Lipinski definition) is 6. The van der Waals surface area contributed by atoms with E-state index in [0.29, 0.717) is 5.95 Å². The topological polar surface area (TPSA) is 72.7 Å². The first-order valence-corrected chi connectivity index (χ1v) is 8.84. The van der Waals surface area contributed by atoms with Gasteiger partial charge in [-0.3, -0.25) is 9.48 Å². The van der Waals surface area contributed by atoms with Crippen molar-refractivity contribution < 1.29 is 4.79 Å². The summed E-state index contributed by atoms with van der Waals surface area (Å²) in [5.41, 5.74) is 4.63. The summed E-state index contributed by atoms with van der Waals surface area (Å²) >= 11 is 1.66. The van der Waals surface area contributed by atoms with E-state index in [1.54, 1.807) is 22.2 Å². The third-order valence-electron chi connectivity index (χ3n) is 4.20. The Hall–Kier alpha value is -2.80. The standard InChI is InChI=1S/C18H17N5OS/c1-11-16(14-6-4-3-5-12(14)10-24)17-15(25-11)8-19-18(22-17)21-13-7-20-23(2)9-13/h3,5,7-10H,4,6H2,1-2H3,(H,19,21,22). The van der Waals surface area contributed by atoms with Gasteiger partial charge in [0, 0.05) is 29.3 Å². The lowest BCUT2D eigenvalue weighted by Crippen LogP contribution is -1.99. The monoisotopic (exact) mass is 351 g/mol. The molecule has 3 heterocycles. The lowest BCUT2D eigenvalue weighted by Gasteiger charge is -2.13. The fourth-order valence-corrected chi connectivity index (χ4v) is 4.10. The maximum Gasteiger partial charge on any atom is 0.227 e. The summed E-state index contributed by atoms with van der Waals surface area (Å²) in [5, 5.41) is 7.32. The zero-order valence-corrected chi connectivity index (χ0v) is 14.8. The van der Waals surface area contributed by atoms with Crippen LogP contribution in [0.25, 0.3) is 15.8 Å². The van der Waals surface area contributed by atoms with Crippen LogP contribution in [0.1, 0.15) is 23.3 Å². The van der Waals surface area contributed by atoms with E-state index in [9.17, 15) is 4.79 Å². The molecule has 3 aromatic rings. The Balaban J connectivity index is 1.83. The molecule has 6 nitrogen and oxygen atoms in total. The first-order chi connectivity index (χ1) is 12.2. The van der Waals surface area contributed by atoms with E-state index < -0.39 is 0 Å². The highest BCUT2D eigenvalue weighted by Crippen LogP contribution is 2.39. The molecule has 1 aliphatic carbocycles. The van der Waals surface area contributed by atoms with Gasteiger partial charge in [0.25, 0.3) is 0 Å². The Kier molecular flexibility index (Phi) is 3.93. The van der Waals surface area contributed by atoms with Crippen molar-refractivity contribution in [3.63, 3.8) is 0 Å². The summed E-state index contributed by atoms with van der Waals surface area (Å²) in [6.07, 6.45) is 12.1. The van der Waals surface area contributed by atoms with Gasteiger partial charge in [0.05, 0.1) is 28.3 Å². The van der Waals surface area contributed by atoms with Gasteiger partial charge < -0.3 is 5.32 Å². The molecule has 0 spiro atoms. The molecule has 1 N–H and O–H groups in total. The van der Waals surface area contributed by atoms with E-state index in [1.807, 2.05) is 31.6 Å². The lowest BCUT2D eigenvalue weighted by atomic mass is 9.92. The molecule has 0 unspecified atom stereocenters. The molecule has 0 atom stereocenters. The van der Waals surface area contributed by atoms with E-state index in [-0.39, 0.29) is 0 Å². The molecular weight excluding hydrogens is 334 g/mol. The molecule has 1 aliphatic rings. The number of fused-ring (bicyclic) bond motifs is 1. The van der Waals surface area contributed by atoms with Crippen LogP contribution in [0.15, 0.2) is 36.3 Å². The number of aldehydes is 1. The van der Waals surface area contributed by atoms with Crippen LogP contribution in [0.2, 0.25) is 0 Å². The van der Waals surface area contributed by atoms with Gasteiger partial charge in [-0.2, -0.15) is 5.10 Å². The molecule has 0 bridgehead atoms. The molecule has 0 saturated heterocycles. The van der Waals surface area contributed by atoms with Crippen LogP contribution in [0, 0.1) is 6.92 Å². The van der Waals surface area contributed by atoms with E-state index in [1.165, 1.54) is 0 Å². The van der Waals surface area contributed by atoms with Crippen LogP contribution in [0.5, 0.6) is 0 Å². The van der Waals surface area contributed by atoms with Crippen LogP contribution < -0.4 is 5.32 Å². The summed E-state index contributed by atoms with van der Waals surface area (Å²) in [6.45, 7) is 2.07. The van der Waals surface area contributed by atoms with Crippen molar-refractivity contribution in [2.45, 2.75) is 19.8 Å². The molecule has 25 heavy (non-hydrogen) atoms. The molecule has 3 aromatic heterocycles. The van der Waals surface area contributed by atoms with Crippen LogP contribution in [-0.2, 0) is 11.8 Å². The van der Waals surface area contributed by atoms with Gasteiger partial charge in [-0.25, -0.2) is 9.97 Å². The van der Waals surface area contributed by atoms with Crippen molar-refractivity contribution in [1.29, 1.82) is 0 Å². The van der Waals surface area contributed by atoms with Crippen molar-refractivity contribution >= 4 is 45.0 Å². The normalized spacial score (nSPS) is 14.3. The van der Waals surface area contributed by atoms with Gasteiger partial charge in [-0.15, -0.1) is 11.3 Å². The van der Waals surface area contributed by atoms with Gasteiger partial charge in [-0.05, 0) is 25.3 Å². The molecule has 126 valence electrons. The molecule has 4 rings (SSSR count). The number of nitrogens with one attached hydrogen (secondary N) is 1.